The molecule has 58 heavy (non-hydrogen) atoms. The van der Waals surface area contributed by atoms with E-state index >= 15 is 4.39 Å². The number of halogens is 2. The minimum absolute atomic E-state index is 0.0984. The number of aliphatic hydroxyl groups excluding tert-OH is 1. The molecule has 0 unspecified atom stereocenters. The summed E-state index contributed by atoms with van der Waals surface area (Å²) in [5.41, 5.74) is 3.90. The third-order valence-corrected chi connectivity index (χ3v) is 10.2. The van der Waals surface area contributed by atoms with Gasteiger partial charge < -0.3 is 28.8 Å². The molecule has 2 heterocycles. The summed E-state index contributed by atoms with van der Waals surface area (Å²) in [5, 5.41) is 20.8. The minimum atomic E-state index is -0.967. The van der Waals surface area contributed by atoms with Crippen molar-refractivity contribution in [2.75, 3.05) is 40.0 Å². The topological polar surface area (TPSA) is 155 Å². The summed E-state index contributed by atoms with van der Waals surface area (Å²) in [4.78, 5) is 26.7. The summed E-state index contributed by atoms with van der Waals surface area (Å²) in [6, 6.07) is 19.9. The van der Waals surface area contributed by atoms with E-state index < -0.39 is 24.4 Å². The molecule has 2 atom stereocenters. The number of fused-ring (bicyclic) bond motifs is 1. The maximum absolute atomic E-state index is 16.1. The summed E-state index contributed by atoms with van der Waals surface area (Å²) in [6.45, 7) is 3.65. The lowest BCUT2D eigenvalue weighted by Gasteiger charge is -2.33. The molecule has 0 radical (unpaired) electrons. The number of nitrogens with zero attached hydrogens (tertiary/aromatic N) is 3. The molecule has 0 saturated carbocycles. The summed E-state index contributed by atoms with van der Waals surface area (Å²) in [5.74, 6) is 0.0600. The van der Waals surface area contributed by atoms with Crippen molar-refractivity contribution in [3.63, 3.8) is 0 Å². The Hall–Kier alpha value is -5.28. The van der Waals surface area contributed by atoms with Crippen molar-refractivity contribution in [3.8, 4) is 28.4 Å². The van der Waals surface area contributed by atoms with Crippen LogP contribution in [-0.4, -0.2) is 84.4 Å². The van der Waals surface area contributed by atoms with Crippen molar-refractivity contribution in [1.82, 2.24) is 20.5 Å². The van der Waals surface area contributed by atoms with E-state index in [1.165, 1.54) is 7.11 Å². The van der Waals surface area contributed by atoms with Crippen molar-refractivity contribution >= 4 is 34.6 Å². The Labute approximate surface area is 341 Å². The Kier molecular flexibility index (Phi) is 15.3. The monoisotopic (exact) mass is 818 g/mol. The molecule has 0 bridgehead atoms. The van der Waals surface area contributed by atoms with Crippen LogP contribution in [0.2, 0.25) is 5.02 Å². The standard InChI is InChI=1S/C43H48ClFN4O9/c1-3-54-42(51)37(25-50)46-24-31-22-34(44)40(23-39(31)56-26-28-15-16-35-36(20-28)48-58-47-35)57-27-30-11-9-13-33(41(30)45)29-10-8-12-32(21-29)55-19-7-6-18-49-17-5-4-14-38(49)43(52)53-2/h8-13,15-16,20-23,37-38,46,50H,3-7,14,17-19,24-27H2,1-2H3/t37-,38+/m1/s1. The molecule has 1 saturated heterocycles. The lowest BCUT2D eigenvalue weighted by Crippen LogP contribution is -2.45. The van der Waals surface area contributed by atoms with Gasteiger partial charge in [-0.1, -0.05) is 54.4 Å². The number of piperidine rings is 1. The lowest BCUT2D eigenvalue weighted by molar-refractivity contribution is -0.148. The molecule has 1 aliphatic rings. The first kappa shape index (κ1) is 42.3. The van der Waals surface area contributed by atoms with E-state index in [2.05, 4.69) is 20.5 Å². The van der Waals surface area contributed by atoms with Crippen molar-refractivity contribution < 1.29 is 47.4 Å². The first-order chi connectivity index (χ1) is 28.3. The largest absolute Gasteiger partial charge is 0.494 e. The number of aromatic nitrogens is 2. The Morgan fingerprint density at radius 1 is 0.966 bits per heavy atom. The number of esters is 2. The zero-order valence-corrected chi connectivity index (χ0v) is 33.3. The van der Waals surface area contributed by atoms with Gasteiger partial charge in [0.25, 0.3) is 0 Å². The predicted molar refractivity (Wildman–Crippen MR) is 214 cm³/mol. The molecule has 6 rings (SSSR count). The molecule has 308 valence electrons. The molecule has 13 nitrogen and oxygen atoms in total. The SMILES string of the molecule is CCOC(=O)[C@@H](CO)NCc1cc(Cl)c(OCc2cccc(-c3cccc(OCCCCN4CCCC[C@H]4C(=O)OC)c3)c2F)cc1OCc1ccc2nonc2c1. The highest BCUT2D eigenvalue weighted by Crippen LogP contribution is 2.35. The maximum Gasteiger partial charge on any atom is 0.325 e. The van der Waals surface area contributed by atoms with Crippen LogP contribution in [-0.2, 0) is 38.8 Å². The Balaban J connectivity index is 1.11. The Morgan fingerprint density at radius 3 is 2.62 bits per heavy atom. The highest BCUT2D eigenvalue weighted by molar-refractivity contribution is 6.32. The highest BCUT2D eigenvalue weighted by atomic mass is 35.5. The molecule has 15 heteroatoms. The Bertz CT molecular complexity index is 2150. The molecule has 1 aliphatic heterocycles. The molecule has 1 fully saturated rings. The summed E-state index contributed by atoms with van der Waals surface area (Å²) >= 11 is 6.71. The fourth-order valence-corrected chi connectivity index (χ4v) is 7.07. The van der Waals surface area contributed by atoms with Gasteiger partial charge in [-0.2, -0.15) is 0 Å². The van der Waals surface area contributed by atoms with E-state index in [1.807, 2.05) is 30.3 Å². The van der Waals surface area contributed by atoms with Gasteiger partial charge in [-0.3, -0.25) is 19.8 Å². The number of carbonyl (C=O) groups excluding carboxylic acids is 2. The maximum atomic E-state index is 16.1. The van der Waals surface area contributed by atoms with Gasteiger partial charge in [-0.05, 0) is 97.5 Å². The minimum Gasteiger partial charge on any atom is -0.494 e. The number of nitrogens with one attached hydrogen (secondary N) is 1. The predicted octanol–water partition coefficient (Wildman–Crippen LogP) is 7.04. The molecular formula is C43H48ClFN4O9. The third-order valence-electron chi connectivity index (χ3n) is 9.92. The van der Waals surface area contributed by atoms with E-state index in [9.17, 15) is 14.7 Å². The average Bonchev–Trinajstić information content (AvgIpc) is 3.72. The first-order valence-corrected chi connectivity index (χ1v) is 19.8. The highest BCUT2D eigenvalue weighted by Gasteiger charge is 2.29. The van der Waals surface area contributed by atoms with E-state index in [0.29, 0.717) is 51.4 Å². The molecule has 0 amide bonds. The molecular weight excluding hydrogens is 771 g/mol. The average molecular weight is 819 g/mol. The van der Waals surface area contributed by atoms with Crippen molar-refractivity contribution in [1.29, 1.82) is 0 Å². The molecule has 5 aromatic rings. The fraction of sp³-hybridized carbons (Fsp3) is 0.395. The number of ether oxygens (including phenoxy) is 5. The van der Waals surface area contributed by atoms with Crippen molar-refractivity contribution in [3.05, 3.63) is 100 Å². The van der Waals surface area contributed by atoms with Gasteiger partial charge in [-0.25, -0.2) is 9.02 Å². The van der Waals surface area contributed by atoms with E-state index in [0.717, 1.165) is 50.8 Å². The van der Waals surface area contributed by atoms with Crippen LogP contribution in [0.15, 0.2) is 77.4 Å². The lowest BCUT2D eigenvalue weighted by atomic mass is 10.0. The van der Waals surface area contributed by atoms with Gasteiger partial charge in [0.2, 0.25) is 0 Å². The summed E-state index contributed by atoms with van der Waals surface area (Å²) in [6.07, 6.45) is 4.60. The first-order valence-electron chi connectivity index (χ1n) is 19.4. The molecule has 0 aliphatic carbocycles. The zero-order chi connectivity index (χ0) is 40.9. The number of hydrogen-bond acceptors (Lipinski definition) is 13. The molecule has 0 spiro atoms. The molecule has 1 aromatic heterocycles. The van der Waals surface area contributed by atoms with Crippen LogP contribution >= 0.6 is 11.6 Å². The number of methoxy groups -OCH3 is 1. The zero-order valence-electron chi connectivity index (χ0n) is 32.6. The second-order valence-electron chi connectivity index (χ2n) is 13.9. The summed E-state index contributed by atoms with van der Waals surface area (Å²) in [7, 11) is 1.44. The number of aliphatic hydroxyl groups is 1. The number of unbranched alkanes of at least 4 members (excludes halogenated alkanes) is 1. The second-order valence-corrected chi connectivity index (χ2v) is 14.3. The van der Waals surface area contributed by atoms with Crippen LogP contribution in [0.25, 0.3) is 22.2 Å². The normalized spacial score (nSPS) is 14.9. The number of likely N-dealkylation sites (tertiary alicyclic amines) is 1. The van der Waals surface area contributed by atoms with Gasteiger partial charge in [0.15, 0.2) is 0 Å². The van der Waals surface area contributed by atoms with Crippen LogP contribution in [0, 0.1) is 5.82 Å². The van der Waals surface area contributed by atoms with Crippen molar-refractivity contribution in [2.45, 2.75) is 70.9 Å². The quantitative estimate of drug-likeness (QED) is 0.0610. The second kappa shape index (κ2) is 20.9. The Morgan fingerprint density at radius 2 is 1.79 bits per heavy atom. The smallest absolute Gasteiger partial charge is 0.325 e. The fourth-order valence-electron chi connectivity index (χ4n) is 6.83. The van der Waals surface area contributed by atoms with Crippen LogP contribution in [0.5, 0.6) is 17.2 Å². The molecule has 2 N–H and O–H groups in total. The molecule has 4 aromatic carbocycles. The third kappa shape index (κ3) is 11.0. The van der Waals surface area contributed by atoms with Crippen LogP contribution in [0.3, 0.4) is 0 Å². The van der Waals surface area contributed by atoms with Crippen molar-refractivity contribution in [2.24, 2.45) is 0 Å². The van der Waals surface area contributed by atoms with Gasteiger partial charge in [0.05, 0.1) is 32.0 Å². The van der Waals surface area contributed by atoms with Crippen LogP contribution < -0.4 is 19.5 Å². The summed E-state index contributed by atoms with van der Waals surface area (Å²) < 4.78 is 49.4. The van der Waals surface area contributed by atoms with Crippen LogP contribution in [0.1, 0.15) is 55.7 Å². The number of rotatable bonds is 20. The van der Waals surface area contributed by atoms with E-state index in [1.54, 1.807) is 49.4 Å². The van der Waals surface area contributed by atoms with Gasteiger partial charge in [0.1, 0.15) is 59.4 Å². The van der Waals surface area contributed by atoms with E-state index in [4.69, 9.17) is 39.9 Å². The number of benzene rings is 4. The van der Waals surface area contributed by atoms with E-state index in [-0.39, 0.29) is 49.1 Å². The van der Waals surface area contributed by atoms with Gasteiger partial charge in [0, 0.05) is 29.3 Å². The van der Waals surface area contributed by atoms with Gasteiger partial charge >= 0.3 is 11.9 Å². The van der Waals surface area contributed by atoms with Gasteiger partial charge in [-0.15, -0.1) is 0 Å². The van der Waals surface area contributed by atoms with Crippen LogP contribution in [0.4, 0.5) is 4.39 Å². The number of carbonyl (C=O) groups is 2. The number of hydrogen-bond donors (Lipinski definition) is 2.